The molecular formula is C16H18ClN5OS. The SMILES string of the molecule is CSc1ncc(Cl)c(C(=O)N2CCN(Cc3ccncc3)CC2)n1. The van der Waals surface area contributed by atoms with Crippen LogP contribution in [0.15, 0.2) is 35.9 Å². The Bertz CT molecular complexity index is 707. The van der Waals surface area contributed by atoms with E-state index in [1.54, 1.807) is 17.3 Å². The van der Waals surface area contributed by atoms with Gasteiger partial charge in [0, 0.05) is 45.1 Å². The number of hydrogen-bond acceptors (Lipinski definition) is 6. The van der Waals surface area contributed by atoms with Crippen molar-refractivity contribution in [3.05, 3.63) is 47.0 Å². The van der Waals surface area contributed by atoms with Gasteiger partial charge in [0.15, 0.2) is 10.9 Å². The van der Waals surface area contributed by atoms with Crippen molar-refractivity contribution in [2.45, 2.75) is 11.7 Å². The van der Waals surface area contributed by atoms with Gasteiger partial charge in [-0.1, -0.05) is 23.4 Å². The highest BCUT2D eigenvalue weighted by Gasteiger charge is 2.25. The van der Waals surface area contributed by atoms with Crippen molar-refractivity contribution in [2.24, 2.45) is 0 Å². The van der Waals surface area contributed by atoms with E-state index in [1.165, 1.54) is 23.5 Å². The lowest BCUT2D eigenvalue weighted by Gasteiger charge is -2.34. The van der Waals surface area contributed by atoms with Crippen molar-refractivity contribution in [1.29, 1.82) is 0 Å². The van der Waals surface area contributed by atoms with Gasteiger partial charge in [0.1, 0.15) is 0 Å². The third-order valence-electron chi connectivity index (χ3n) is 3.92. The van der Waals surface area contributed by atoms with E-state index in [2.05, 4.69) is 19.9 Å². The molecule has 0 unspecified atom stereocenters. The number of carbonyl (C=O) groups is 1. The van der Waals surface area contributed by atoms with Crippen LogP contribution in [0, 0.1) is 0 Å². The molecule has 1 aliphatic rings. The molecule has 0 aliphatic carbocycles. The van der Waals surface area contributed by atoms with E-state index in [1.807, 2.05) is 18.4 Å². The van der Waals surface area contributed by atoms with Crippen LogP contribution in [0.4, 0.5) is 0 Å². The number of rotatable bonds is 4. The zero-order valence-corrected chi connectivity index (χ0v) is 14.9. The molecule has 24 heavy (non-hydrogen) atoms. The average molecular weight is 364 g/mol. The molecule has 1 amide bonds. The molecule has 0 spiro atoms. The van der Waals surface area contributed by atoms with Crippen LogP contribution in [0.3, 0.4) is 0 Å². The minimum atomic E-state index is -0.124. The van der Waals surface area contributed by atoms with E-state index in [4.69, 9.17) is 11.6 Å². The third-order valence-corrected chi connectivity index (χ3v) is 4.76. The molecule has 0 bridgehead atoms. The van der Waals surface area contributed by atoms with E-state index >= 15 is 0 Å². The van der Waals surface area contributed by atoms with E-state index in [9.17, 15) is 4.79 Å². The van der Waals surface area contributed by atoms with Gasteiger partial charge in [0.05, 0.1) is 11.2 Å². The molecule has 0 aromatic carbocycles. The van der Waals surface area contributed by atoms with E-state index in [0.29, 0.717) is 29.0 Å². The second kappa shape index (κ2) is 7.92. The minimum absolute atomic E-state index is 0.124. The number of hydrogen-bond donors (Lipinski definition) is 0. The zero-order chi connectivity index (χ0) is 16.9. The normalized spacial score (nSPS) is 15.5. The Morgan fingerprint density at radius 1 is 1.25 bits per heavy atom. The number of nitrogens with zero attached hydrogens (tertiary/aromatic N) is 5. The molecule has 3 rings (SSSR count). The number of thioether (sulfide) groups is 1. The summed E-state index contributed by atoms with van der Waals surface area (Å²) in [6.07, 6.45) is 6.97. The van der Waals surface area contributed by atoms with Crippen molar-refractivity contribution in [1.82, 2.24) is 24.8 Å². The lowest BCUT2D eigenvalue weighted by Crippen LogP contribution is -2.48. The maximum absolute atomic E-state index is 12.7. The second-order valence-corrected chi connectivity index (χ2v) is 6.66. The molecule has 1 aliphatic heterocycles. The Labute approximate surface area is 150 Å². The van der Waals surface area contributed by atoms with Crippen molar-refractivity contribution >= 4 is 29.3 Å². The first-order valence-corrected chi connectivity index (χ1v) is 9.24. The highest BCUT2D eigenvalue weighted by atomic mass is 35.5. The van der Waals surface area contributed by atoms with Gasteiger partial charge in [-0.25, -0.2) is 9.97 Å². The fourth-order valence-electron chi connectivity index (χ4n) is 2.60. The number of piperazine rings is 1. The fraction of sp³-hybridized carbons (Fsp3) is 0.375. The standard InChI is InChI=1S/C16H18ClN5OS/c1-24-16-19-10-13(17)14(20-16)15(23)22-8-6-21(7-9-22)11-12-2-4-18-5-3-12/h2-5,10H,6-9,11H2,1H3. The smallest absolute Gasteiger partial charge is 0.274 e. The maximum Gasteiger partial charge on any atom is 0.274 e. The summed E-state index contributed by atoms with van der Waals surface area (Å²) in [7, 11) is 0. The Kier molecular flexibility index (Phi) is 5.65. The molecule has 126 valence electrons. The number of pyridine rings is 1. The molecule has 1 saturated heterocycles. The second-order valence-electron chi connectivity index (χ2n) is 5.48. The Balaban J connectivity index is 1.61. The Morgan fingerprint density at radius 2 is 1.96 bits per heavy atom. The molecule has 0 N–H and O–H groups in total. The fourth-order valence-corrected chi connectivity index (χ4v) is 3.12. The summed E-state index contributed by atoms with van der Waals surface area (Å²) in [6, 6.07) is 4.03. The quantitative estimate of drug-likeness (QED) is 0.613. The average Bonchev–Trinajstić information content (AvgIpc) is 2.63. The summed E-state index contributed by atoms with van der Waals surface area (Å²) in [4.78, 5) is 29.2. The van der Waals surface area contributed by atoms with Crippen LogP contribution in [-0.4, -0.2) is 63.1 Å². The molecule has 6 nitrogen and oxygen atoms in total. The molecule has 2 aromatic rings. The van der Waals surface area contributed by atoms with Gasteiger partial charge in [-0.3, -0.25) is 14.7 Å². The molecular weight excluding hydrogens is 346 g/mol. The zero-order valence-electron chi connectivity index (χ0n) is 13.4. The number of carbonyl (C=O) groups excluding carboxylic acids is 1. The summed E-state index contributed by atoms with van der Waals surface area (Å²) in [5, 5.41) is 0.857. The Hall–Kier alpha value is -1.70. The maximum atomic E-state index is 12.7. The van der Waals surface area contributed by atoms with Crippen molar-refractivity contribution in [2.75, 3.05) is 32.4 Å². The van der Waals surface area contributed by atoms with Crippen LogP contribution in [-0.2, 0) is 6.54 Å². The molecule has 0 atom stereocenters. The van der Waals surface area contributed by atoms with Crippen molar-refractivity contribution < 1.29 is 4.79 Å². The molecule has 0 radical (unpaired) electrons. The van der Waals surface area contributed by atoms with Gasteiger partial charge < -0.3 is 4.90 Å². The van der Waals surface area contributed by atoms with E-state index < -0.39 is 0 Å². The van der Waals surface area contributed by atoms with Crippen LogP contribution in [0.25, 0.3) is 0 Å². The van der Waals surface area contributed by atoms with Crippen LogP contribution >= 0.6 is 23.4 Å². The topological polar surface area (TPSA) is 62.2 Å². The lowest BCUT2D eigenvalue weighted by molar-refractivity contribution is 0.0622. The predicted molar refractivity (Wildman–Crippen MR) is 94.2 cm³/mol. The van der Waals surface area contributed by atoms with Crippen LogP contribution in [0.2, 0.25) is 5.02 Å². The van der Waals surface area contributed by atoms with Crippen molar-refractivity contribution in [3.63, 3.8) is 0 Å². The first-order chi connectivity index (χ1) is 11.7. The van der Waals surface area contributed by atoms with Crippen molar-refractivity contribution in [3.8, 4) is 0 Å². The molecule has 0 saturated carbocycles. The third kappa shape index (κ3) is 4.03. The minimum Gasteiger partial charge on any atom is -0.335 e. The van der Waals surface area contributed by atoms with Gasteiger partial charge in [-0.15, -0.1) is 0 Å². The van der Waals surface area contributed by atoms with Gasteiger partial charge in [-0.05, 0) is 24.0 Å². The van der Waals surface area contributed by atoms with E-state index in [0.717, 1.165) is 19.6 Å². The number of halogens is 1. The van der Waals surface area contributed by atoms with Gasteiger partial charge >= 0.3 is 0 Å². The number of amides is 1. The van der Waals surface area contributed by atoms with Gasteiger partial charge in [0.25, 0.3) is 5.91 Å². The first-order valence-electron chi connectivity index (χ1n) is 7.64. The summed E-state index contributed by atoms with van der Waals surface area (Å²) >= 11 is 7.50. The van der Waals surface area contributed by atoms with Crippen LogP contribution < -0.4 is 0 Å². The largest absolute Gasteiger partial charge is 0.335 e. The highest BCUT2D eigenvalue weighted by molar-refractivity contribution is 7.98. The number of aromatic nitrogens is 3. The summed E-state index contributed by atoms with van der Waals surface area (Å²) in [5.41, 5.74) is 1.52. The molecule has 1 fully saturated rings. The lowest BCUT2D eigenvalue weighted by atomic mass is 10.2. The van der Waals surface area contributed by atoms with Crippen LogP contribution in [0.5, 0.6) is 0 Å². The van der Waals surface area contributed by atoms with Gasteiger partial charge in [-0.2, -0.15) is 0 Å². The summed E-state index contributed by atoms with van der Waals surface area (Å²) in [5.74, 6) is -0.124. The predicted octanol–water partition coefficient (Wildman–Crippen LogP) is 2.20. The first kappa shape index (κ1) is 17.1. The van der Waals surface area contributed by atoms with E-state index in [-0.39, 0.29) is 5.91 Å². The Morgan fingerprint density at radius 3 is 2.62 bits per heavy atom. The molecule has 8 heteroatoms. The summed E-state index contributed by atoms with van der Waals surface area (Å²) < 4.78 is 0. The monoisotopic (exact) mass is 363 g/mol. The highest BCUT2D eigenvalue weighted by Crippen LogP contribution is 2.19. The summed E-state index contributed by atoms with van der Waals surface area (Å²) in [6.45, 7) is 3.85. The molecule has 2 aromatic heterocycles. The van der Waals surface area contributed by atoms with Crippen LogP contribution in [0.1, 0.15) is 16.1 Å². The van der Waals surface area contributed by atoms with Gasteiger partial charge in [0.2, 0.25) is 0 Å². The molecule has 3 heterocycles.